The molecule has 5 nitrogen and oxygen atoms in total. The van der Waals surface area contributed by atoms with Gasteiger partial charge >= 0.3 is 0 Å². The number of nitrogens with zero attached hydrogens (tertiary/aromatic N) is 3. The van der Waals surface area contributed by atoms with Gasteiger partial charge in [0.1, 0.15) is 6.33 Å². The second kappa shape index (κ2) is 4.42. The Kier molecular flexibility index (Phi) is 2.98. The second-order valence-corrected chi connectivity index (χ2v) is 3.86. The van der Waals surface area contributed by atoms with E-state index in [9.17, 15) is 9.18 Å². The van der Waals surface area contributed by atoms with Crippen molar-refractivity contribution in [1.82, 2.24) is 9.97 Å². The van der Waals surface area contributed by atoms with Crippen molar-refractivity contribution >= 4 is 11.7 Å². The van der Waals surface area contributed by atoms with Crippen LogP contribution in [0, 0.1) is 11.7 Å². The Bertz CT molecular complexity index is 390. The van der Waals surface area contributed by atoms with E-state index in [1.807, 2.05) is 4.90 Å². The molecular weight excluding hydrogens is 211 g/mol. The molecule has 2 N–H and O–H groups in total. The Morgan fingerprint density at radius 1 is 1.50 bits per heavy atom. The Balaban J connectivity index is 2.05. The number of piperidine rings is 1. The van der Waals surface area contributed by atoms with Crippen LogP contribution in [0.5, 0.6) is 0 Å². The summed E-state index contributed by atoms with van der Waals surface area (Å²) < 4.78 is 13.4. The molecule has 1 amide bonds. The summed E-state index contributed by atoms with van der Waals surface area (Å²) in [6.07, 6.45) is 3.76. The number of amides is 1. The van der Waals surface area contributed by atoms with Gasteiger partial charge < -0.3 is 10.6 Å². The number of primary amides is 1. The van der Waals surface area contributed by atoms with E-state index in [4.69, 9.17) is 5.73 Å². The van der Waals surface area contributed by atoms with E-state index in [1.54, 1.807) is 0 Å². The molecule has 0 aliphatic carbocycles. The third-order valence-corrected chi connectivity index (χ3v) is 2.85. The van der Waals surface area contributed by atoms with Crippen LogP contribution in [0.15, 0.2) is 12.5 Å². The Hall–Kier alpha value is -1.72. The molecule has 1 aliphatic heterocycles. The molecule has 86 valence electrons. The number of halogens is 1. The minimum absolute atomic E-state index is 0.0962. The smallest absolute Gasteiger partial charge is 0.220 e. The minimum Gasteiger partial charge on any atom is -0.369 e. The summed E-state index contributed by atoms with van der Waals surface area (Å²) in [5.74, 6) is -0.498. The van der Waals surface area contributed by atoms with Crippen molar-refractivity contribution in [2.24, 2.45) is 11.7 Å². The first-order chi connectivity index (χ1) is 7.68. The summed E-state index contributed by atoms with van der Waals surface area (Å²) in [6.45, 7) is 1.20. The van der Waals surface area contributed by atoms with E-state index in [0.717, 1.165) is 6.20 Å². The van der Waals surface area contributed by atoms with Crippen LogP contribution in [0.1, 0.15) is 12.8 Å². The first-order valence-electron chi connectivity index (χ1n) is 5.18. The van der Waals surface area contributed by atoms with Gasteiger partial charge in [0.2, 0.25) is 5.91 Å². The number of carbonyl (C=O) groups is 1. The zero-order valence-electron chi connectivity index (χ0n) is 8.77. The first-order valence-corrected chi connectivity index (χ1v) is 5.18. The highest BCUT2D eigenvalue weighted by molar-refractivity contribution is 5.76. The molecule has 2 heterocycles. The van der Waals surface area contributed by atoms with E-state index in [0.29, 0.717) is 31.7 Å². The fourth-order valence-electron chi connectivity index (χ4n) is 1.91. The van der Waals surface area contributed by atoms with E-state index in [1.165, 1.54) is 6.33 Å². The van der Waals surface area contributed by atoms with Gasteiger partial charge in [-0.05, 0) is 12.8 Å². The fourth-order valence-corrected chi connectivity index (χ4v) is 1.91. The van der Waals surface area contributed by atoms with Gasteiger partial charge in [0.15, 0.2) is 11.6 Å². The van der Waals surface area contributed by atoms with Gasteiger partial charge in [0, 0.05) is 19.0 Å². The number of rotatable bonds is 2. The minimum atomic E-state index is -0.431. The van der Waals surface area contributed by atoms with E-state index >= 15 is 0 Å². The molecule has 0 atom stereocenters. The van der Waals surface area contributed by atoms with E-state index in [2.05, 4.69) is 9.97 Å². The van der Waals surface area contributed by atoms with Crippen molar-refractivity contribution < 1.29 is 9.18 Å². The summed E-state index contributed by atoms with van der Waals surface area (Å²) >= 11 is 0. The Morgan fingerprint density at radius 3 is 2.75 bits per heavy atom. The van der Waals surface area contributed by atoms with Gasteiger partial charge in [0.05, 0.1) is 6.20 Å². The lowest BCUT2D eigenvalue weighted by Crippen LogP contribution is -2.39. The highest BCUT2D eigenvalue weighted by atomic mass is 19.1. The van der Waals surface area contributed by atoms with Gasteiger partial charge in [0.25, 0.3) is 0 Å². The standard InChI is InChI=1S/C10H13FN4O/c11-8-5-13-6-14-10(8)15-3-1-7(2-4-15)9(12)16/h5-7H,1-4H2,(H2,12,16). The maximum absolute atomic E-state index is 13.4. The zero-order valence-corrected chi connectivity index (χ0v) is 8.77. The molecule has 2 rings (SSSR count). The van der Waals surface area contributed by atoms with Crippen molar-refractivity contribution in [3.8, 4) is 0 Å². The van der Waals surface area contributed by atoms with Crippen molar-refractivity contribution in [1.29, 1.82) is 0 Å². The lowest BCUT2D eigenvalue weighted by Gasteiger charge is -2.31. The number of aromatic nitrogens is 2. The molecule has 0 saturated carbocycles. The van der Waals surface area contributed by atoms with Crippen molar-refractivity contribution in [2.75, 3.05) is 18.0 Å². The molecule has 0 unspecified atom stereocenters. The van der Waals surface area contributed by atoms with Crippen LogP contribution in [0.3, 0.4) is 0 Å². The number of nitrogens with two attached hydrogens (primary N) is 1. The molecule has 16 heavy (non-hydrogen) atoms. The Labute approximate surface area is 92.5 Å². The van der Waals surface area contributed by atoms with Gasteiger partial charge in [-0.1, -0.05) is 0 Å². The normalized spacial score (nSPS) is 17.4. The van der Waals surface area contributed by atoms with Crippen LogP contribution in [0.2, 0.25) is 0 Å². The van der Waals surface area contributed by atoms with Gasteiger partial charge in [-0.2, -0.15) is 0 Å². The van der Waals surface area contributed by atoms with Crippen LogP contribution in [0.25, 0.3) is 0 Å². The third-order valence-electron chi connectivity index (χ3n) is 2.85. The van der Waals surface area contributed by atoms with Crippen LogP contribution >= 0.6 is 0 Å². The van der Waals surface area contributed by atoms with E-state index < -0.39 is 5.82 Å². The molecule has 0 radical (unpaired) electrons. The predicted octanol–water partition coefficient (Wildman–Crippen LogP) is 0.317. The van der Waals surface area contributed by atoms with Crippen LogP contribution < -0.4 is 10.6 Å². The third kappa shape index (κ3) is 2.10. The van der Waals surface area contributed by atoms with Gasteiger partial charge in [-0.15, -0.1) is 0 Å². The maximum atomic E-state index is 13.4. The molecule has 1 aromatic rings. The van der Waals surface area contributed by atoms with E-state index in [-0.39, 0.29) is 11.8 Å². The zero-order chi connectivity index (χ0) is 11.5. The molecule has 0 spiro atoms. The highest BCUT2D eigenvalue weighted by Crippen LogP contribution is 2.22. The van der Waals surface area contributed by atoms with Crippen LogP contribution in [0.4, 0.5) is 10.2 Å². The molecule has 1 aliphatic rings. The average molecular weight is 224 g/mol. The molecular formula is C10H13FN4O. The molecule has 6 heteroatoms. The highest BCUT2D eigenvalue weighted by Gasteiger charge is 2.25. The van der Waals surface area contributed by atoms with Gasteiger partial charge in [-0.25, -0.2) is 14.4 Å². The molecule has 1 saturated heterocycles. The topological polar surface area (TPSA) is 72.1 Å². The summed E-state index contributed by atoms with van der Waals surface area (Å²) in [5, 5.41) is 0. The fraction of sp³-hybridized carbons (Fsp3) is 0.500. The lowest BCUT2D eigenvalue weighted by molar-refractivity contribution is -0.122. The van der Waals surface area contributed by atoms with Crippen molar-refractivity contribution in [2.45, 2.75) is 12.8 Å². The predicted molar refractivity (Wildman–Crippen MR) is 56.1 cm³/mol. The Morgan fingerprint density at radius 2 is 2.19 bits per heavy atom. The molecule has 1 aromatic heterocycles. The largest absolute Gasteiger partial charge is 0.369 e. The van der Waals surface area contributed by atoms with Crippen LogP contribution in [-0.4, -0.2) is 29.0 Å². The molecule has 0 aromatic carbocycles. The van der Waals surface area contributed by atoms with Crippen LogP contribution in [-0.2, 0) is 4.79 Å². The summed E-state index contributed by atoms with van der Waals surface area (Å²) in [4.78, 5) is 20.3. The quantitative estimate of drug-likeness (QED) is 0.785. The molecule has 0 bridgehead atoms. The number of carbonyl (C=O) groups excluding carboxylic acids is 1. The number of hydrogen-bond donors (Lipinski definition) is 1. The SMILES string of the molecule is NC(=O)C1CCN(c2ncncc2F)CC1. The summed E-state index contributed by atoms with van der Waals surface area (Å²) in [5.41, 5.74) is 5.22. The van der Waals surface area contributed by atoms with Crippen molar-refractivity contribution in [3.05, 3.63) is 18.3 Å². The molecule has 1 fully saturated rings. The number of hydrogen-bond acceptors (Lipinski definition) is 4. The number of anilines is 1. The summed E-state index contributed by atoms with van der Waals surface area (Å²) in [7, 11) is 0. The second-order valence-electron chi connectivity index (χ2n) is 3.86. The maximum Gasteiger partial charge on any atom is 0.220 e. The van der Waals surface area contributed by atoms with Gasteiger partial charge in [-0.3, -0.25) is 4.79 Å². The average Bonchev–Trinajstić information content (AvgIpc) is 2.30. The first kappa shape index (κ1) is 10.8. The van der Waals surface area contributed by atoms with Crippen molar-refractivity contribution in [3.63, 3.8) is 0 Å². The summed E-state index contributed by atoms with van der Waals surface area (Å²) in [6, 6.07) is 0. The monoisotopic (exact) mass is 224 g/mol. The lowest BCUT2D eigenvalue weighted by atomic mass is 9.96.